The molecular formula is C8H8BrN5. The Morgan fingerprint density at radius 1 is 1.64 bits per heavy atom. The highest BCUT2D eigenvalue weighted by molar-refractivity contribution is 9.11. The highest BCUT2D eigenvalue weighted by Gasteiger charge is 2.03. The lowest BCUT2D eigenvalue weighted by molar-refractivity contribution is 1.10. The molecule has 2 aromatic rings. The summed E-state index contributed by atoms with van der Waals surface area (Å²) in [6, 6.07) is 0. The van der Waals surface area contributed by atoms with E-state index in [1.165, 1.54) is 0 Å². The number of hydrogen-bond donors (Lipinski definition) is 1. The van der Waals surface area contributed by atoms with Crippen molar-refractivity contribution in [2.24, 2.45) is 0 Å². The maximum absolute atomic E-state index is 4.15. The Bertz CT molecular complexity index is 463. The number of rotatable bonds is 3. The molecule has 2 aromatic heterocycles. The highest BCUT2D eigenvalue weighted by Crippen LogP contribution is 2.10. The summed E-state index contributed by atoms with van der Waals surface area (Å²) in [5.41, 5.74) is 0.709. The van der Waals surface area contributed by atoms with Crippen LogP contribution in [0, 0.1) is 0 Å². The van der Waals surface area contributed by atoms with Gasteiger partial charge in [0.2, 0.25) is 5.65 Å². The van der Waals surface area contributed by atoms with Gasteiger partial charge in [0.05, 0.1) is 0 Å². The molecule has 0 spiro atoms. The van der Waals surface area contributed by atoms with Crippen LogP contribution >= 0.6 is 15.9 Å². The Morgan fingerprint density at radius 2 is 2.50 bits per heavy atom. The van der Waals surface area contributed by atoms with Crippen molar-refractivity contribution in [1.82, 2.24) is 19.6 Å². The summed E-state index contributed by atoms with van der Waals surface area (Å²) in [5, 5.41) is 10.8. The van der Waals surface area contributed by atoms with E-state index in [0.717, 1.165) is 4.48 Å². The topological polar surface area (TPSA) is 55.1 Å². The number of fused-ring (bicyclic) bond motifs is 1. The molecule has 0 amide bonds. The fraction of sp³-hybridized carbons (Fsp3) is 0.125. The zero-order valence-electron chi connectivity index (χ0n) is 7.31. The monoisotopic (exact) mass is 253 g/mol. The fourth-order valence-corrected chi connectivity index (χ4v) is 1.20. The first kappa shape index (κ1) is 9.14. The smallest absolute Gasteiger partial charge is 0.203 e. The first-order chi connectivity index (χ1) is 6.77. The molecule has 2 rings (SSSR count). The van der Waals surface area contributed by atoms with Gasteiger partial charge in [0.1, 0.15) is 6.33 Å². The Kier molecular flexibility index (Phi) is 2.45. The minimum absolute atomic E-state index is 0.611. The summed E-state index contributed by atoms with van der Waals surface area (Å²) in [4.78, 5) is 4.15. The second-order valence-corrected chi connectivity index (χ2v) is 3.83. The van der Waals surface area contributed by atoms with Gasteiger partial charge in [-0.3, -0.25) is 4.40 Å². The third-order valence-electron chi connectivity index (χ3n) is 1.66. The summed E-state index contributed by atoms with van der Waals surface area (Å²) in [5.74, 6) is 0.700. The minimum Gasteiger partial charge on any atom is -0.362 e. The molecule has 0 unspecified atom stereocenters. The summed E-state index contributed by atoms with van der Waals surface area (Å²) in [6.45, 7) is 4.33. The second-order valence-electron chi connectivity index (χ2n) is 2.71. The van der Waals surface area contributed by atoms with Crippen LogP contribution in [0.2, 0.25) is 0 Å². The maximum atomic E-state index is 4.15. The van der Waals surface area contributed by atoms with Crippen LogP contribution in [0.15, 0.2) is 29.8 Å². The van der Waals surface area contributed by atoms with E-state index in [-0.39, 0.29) is 0 Å². The number of hydrogen-bond acceptors (Lipinski definition) is 4. The molecule has 72 valence electrons. The molecule has 2 heterocycles. The lowest BCUT2D eigenvalue weighted by Gasteiger charge is -2.03. The molecule has 0 fully saturated rings. The normalized spacial score (nSPS) is 10.4. The van der Waals surface area contributed by atoms with Crippen LogP contribution < -0.4 is 5.32 Å². The van der Waals surface area contributed by atoms with Crippen LogP contribution in [0.25, 0.3) is 5.65 Å². The number of anilines is 1. The van der Waals surface area contributed by atoms with Gasteiger partial charge in [-0.05, 0) is 0 Å². The predicted octanol–water partition coefficient (Wildman–Crippen LogP) is 1.44. The molecule has 0 aliphatic heterocycles. The van der Waals surface area contributed by atoms with Gasteiger partial charge < -0.3 is 5.32 Å². The Balaban J connectivity index is 2.32. The third kappa shape index (κ3) is 1.74. The summed E-state index contributed by atoms with van der Waals surface area (Å²) < 4.78 is 2.66. The van der Waals surface area contributed by atoms with Crippen molar-refractivity contribution in [3.8, 4) is 0 Å². The van der Waals surface area contributed by atoms with Crippen molar-refractivity contribution in [2.45, 2.75) is 0 Å². The van der Waals surface area contributed by atoms with Gasteiger partial charge in [-0.25, -0.2) is 4.98 Å². The molecule has 0 atom stereocenters. The highest BCUT2D eigenvalue weighted by atomic mass is 79.9. The molecule has 0 saturated heterocycles. The first-order valence-corrected chi connectivity index (χ1v) is 4.78. The molecule has 0 aliphatic carbocycles. The number of nitrogens with one attached hydrogen (secondary N) is 1. The van der Waals surface area contributed by atoms with Crippen LogP contribution in [0.3, 0.4) is 0 Å². The predicted molar refractivity (Wildman–Crippen MR) is 57.3 cm³/mol. The van der Waals surface area contributed by atoms with E-state index in [4.69, 9.17) is 0 Å². The second kappa shape index (κ2) is 3.75. The van der Waals surface area contributed by atoms with Crippen molar-refractivity contribution >= 4 is 27.4 Å². The van der Waals surface area contributed by atoms with Crippen molar-refractivity contribution < 1.29 is 0 Å². The van der Waals surface area contributed by atoms with Gasteiger partial charge in [-0.2, -0.15) is 0 Å². The van der Waals surface area contributed by atoms with E-state index < -0.39 is 0 Å². The average molecular weight is 254 g/mol. The molecular weight excluding hydrogens is 246 g/mol. The van der Waals surface area contributed by atoms with E-state index in [1.54, 1.807) is 23.1 Å². The molecule has 0 aromatic carbocycles. The van der Waals surface area contributed by atoms with Gasteiger partial charge in [-0.1, -0.05) is 22.5 Å². The summed E-state index contributed by atoms with van der Waals surface area (Å²) in [6.07, 6.45) is 5.12. The van der Waals surface area contributed by atoms with E-state index in [9.17, 15) is 0 Å². The quantitative estimate of drug-likeness (QED) is 0.900. The van der Waals surface area contributed by atoms with E-state index in [0.29, 0.717) is 18.0 Å². The fourth-order valence-electron chi connectivity index (χ4n) is 1.06. The van der Waals surface area contributed by atoms with Gasteiger partial charge in [0.15, 0.2) is 5.82 Å². The summed E-state index contributed by atoms with van der Waals surface area (Å²) >= 11 is 3.26. The molecule has 0 radical (unpaired) electrons. The third-order valence-corrected chi connectivity index (χ3v) is 1.94. The van der Waals surface area contributed by atoms with Crippen molar-refractivity contribution in [2.75, 3.05) is 11.9 Å². The first-order valence-electron chi connectivity index (χ1n) is 3.99. The molecule has 1 N–H and O–H groups in total. The molecule has 0 aliphatic rings. The van der Waals surface area contributed by atoms with Crippen molar-refractivity contribution in [3.63, 3.8) is 0 Å². The summed E-state index contributed by atoms with van der Waals surface area (Å²) in [7, 11) is 0. The van der Waals surface area contributed by atoms with Gasteiger partial charge in [-0.15, -0.1) is 10.2 Å². The van der Waals surface area contributed by atoms with Crippen molar-refractivity contribution in [1.29, 1.82) is 0 Å². The van der Waals surface area contributed by atoms with Gasteiger partial charge in [0, 0.05) is 23.4 Å². The van der Waals surface area contributed by atoms with Crippen LogP contribution in [0.1, 0.15) is 0 Å². The molecule has 0 bridgehead atoms. The number of halogens is 1. The average Bonchev–Trinajstić information content (AvgIpc) is 2.62. The van der Waals surface area contributed by atoms with E-state index >= 15 is 0 Å². The minimum atomic E-state index is 0.611. The molecule has 14 heavy (non-hydrogen) atoms. The molecule has 5 nitrogen and oxygen atoms in total. The Hall–Kier alpha value is -1.43. The van der Waals surface area contributed by atoms with Gasteiger partial charge >= 0.3 is 0 Å². The molecule has 6 heteroatoms. The van der Waals surface area contributed by atoms with Crippen LogP contribution in [0.4, 0.5) is 5.82 Å². The SMILES string of the molecule is C=C(Br)CNc1nccn2cnnc12. The van der Waals surface area contributed by atoms with Gasteiger partial charge in [0.25, 0.3) is 0 Å². The van der Waals surface area contributed by atoms with Crippen LogP contribution in [-0.4, -0.2) is 26.1 Å². The standard InChI is InChI=1S/C8H8BrN5/c1-6(9)4-11-7-8-13-12-5-14(8)3-2-10-7/h2-3,5H,1,4H2,(H,10,11). The number of nitrogens with zero attached hydrogens (tertiary/aromatic N) is 4. The van der Waals surface area contributed by atoms with E-state index in [2.05, 4.69) is 43.0 Å². The lowest BCUT2D eigenvalue weighted by atomic mass is 10.5. The maximum Gasteiger partial charge on any atom is 0.203 e. The lowest BCUT2D eigenvalue weighted by Crippen LogP contribution is -2.04. The zero-order chi connectivity index (χ0) is 9.97. The number of aromatic nitrogens is 4. The molecule has 0 saturated carbocycles. The van der Waals surface area contributed by atoms with Crippen LogP contribution in [0.5, 0.6) is 0 Å². The Labute approximate surface area is 89.0 Å². The van der Waals surface area contributed by atoms with E-state index in [1.807, 2.05) is 0 Å². The van der Waals surface area contributed by atoms with Crippen LogP contribution in [-0.2, 0) is 0 Å². The largest absolute Gasteiger partial charge is 0.362 e. The Morgan fingerprint density at radius 3 is 3.29 bits per heavy atom. The zero-order valence-corrected chi connectivity index (χ0v) is 8.90. The van der Waals surface area contributed by atoms with Crippen molar-refractivity contribution in [3.05, 3.63) is 29.8 Å².